The van der Waals surface area contributed by atoms with E-state index in [0.717, 1.165) is 6.42 Å². The second-order valence-electron chi connectivity index (χ2n) is 4.64. The van der Waals surface area contributed by atoms with Crippen molar-refractivity contribution >= 4 is 17.6 Å². The topological polar surface area (TPSA) is 92.4 Å². The molecule has 1 amide bonds. The molecule has 1 saturated carbocycles. The number of nitrogen functional groups attached to an aromatic ring is 1. The number of hydrogen-bond acceptors (Lipinski definition) is 3. The van der Waals surface area contributed by atoms with Crippen LogP contribution in [0, 0.1) is 5.92 Å². The van der Waals surface area contributed by atoms with Crippen molar-refractivity contribution in [2.24, 2.45) is 5.92 Å². The van der Waals surface area contributed by atoms with Crippen molar-refractivity contribution in [3.63, 3.8) is 0 Å². The molecule has 18 heavy (non-hydrogen) atoms. The minimum absolute atomic E-state index is 0.0452. The molecule has 1 aliphatic carbocycles. The summed E-state index contributed by atoms with van der Waals surface area (Å²) in [5.74, 6) is -1.29. The number of carbonyl (C=O) groups is 2. The van der Waals surface area contributed by atoms with E-state index in [1.165, 1.54) is 0 Å². The molecule has 0 heterocycles. The number of anilines is 1. The molecule has 1 aliphatic rings. The number of nitrogens with one attached hydrogen (secondary N) is 1. The maximum absolute atomic E-state index is 11.9. The molecule has 0 saturated heterocycles. The van der Waals surface area contributed by atoms with Gasteiger partial charge in [0, 0.05) is 17.3 Å². The fraction of sp³-hybridized carbons (Fsp3) is 0.385. The van der Waals surface area contributed by atoms with Gasteiger partial charge in [-0.3, -0.25) is 9.59 Å². The first-order chi connectivity index (χ1) is 8.56. The molecule has 1 aromatic rings. The average molecular weight is 248 g/mol. The number of carbonyl (C=O) groups excluding carboxylic acids is 1. The Morgan fingerprint density at radius 2 is 1.89 bits per heavy atom. The molecule has 0 aromatic heterocycles. The Bertz CT molecular complexity index is 456. The molecule has 0 radical (unpaired) electrons. The fourth-order valence-corrected chi connectivity index (χ4v) is 2.24. The molecular formula is C13H16N2O3. The van der Waals surface area contributed by atoms with Crippen LogP contribution in [0.4, 0.5) is 5.69 Å². The second-order valence-corrected chi connectivity index (χ2v) is 4.64. The molecule has 1 fully saturated rings. The van der Waals surface area contributed by atoms with Crippen molar-refractivity contribution in [3.05, 3.63) is 29.8 Å². The Hall–Kier alpha value is -2.04. The maximum Gasteiger partial charge on any atom is 0.306 e. The minimum Gasteiger partial charge on any atom is -0.481 e. The van der Waals surface area contributed by atoms with Crippen molar-refractivity contribution in [1.29, 1.82) is 0 Å². The highest BCUT2D eigenvalue weighted by atomic mass is 16.4. The van der Waals surface area contributed by atoms with E-state index >= 15 is 0 Å². The summed E-state index contributed by atoms with van der Waals surface area (Å²) in [5.41, 5.74) is 6.70. The fourth-order valence-electron chi connectivity index (χ4n) is 2.24. The lowest BCUT2D eigenvalue weighted by atomic mass is 10.1. The molecule has 96 valence electrons. The molecule has 2 unspecified atom stereocenters. The zero-order valence-electron chi connectivity index (χ0n) is 9.93. The van der Waals surface area contributed by atoms with Crippen molar-refractivity contribution in [2.75, 3.05) is 5.73 Å². The van der Waals surface area contributed by atoms with E-state index in [0.29, 0.717) is 24.1 Å². The molecular weight excluding hydrogens is 232 g/mol. The molecule has 1 aromatic carbocycles. The Morgan fingerprint density at radius 1 is 1.22 bits per heavy atom. The molecule has 0 bridgehead atoms. The highest BCUT2D eigenvalue weighted by Crippen LogP contribution is 2.25. The molecule has 4 N–H and O–H groups in total. The quantitative estimate of drug-likeness (QED) is 0.702. The predicted octanol–water partition coefficient (Wildman–Crippen LogP) is 1.25. The summed E-state index contributed by atoms with van der Waals surface area (Å²) in [4.78, 5) is 22.7. The number of aliphatic carboxylic acids is 1. The van der Waals surface area contributed by atoms with Crippen LogP contribution in [0.5, 0.6) is 0 Å². The van der Waals surface area contributed by atoms with Crippen LogP contribution in [-0.2, 0) is 4.79 Å². The maximum atomic E-state index is 11.9. The molecule has 5 nitrogen and oxygen atoms in total. The SMILES string of the molecule is Nc1ccc(C(=O)NC2CCC(C(=O)O)C2)cc1. The predicted molar refractivity (Wildman–Crippen MR) is 67.1 cm³/mol. The lowest BCUT2D eigenvalue weighted by Crippen LogP contribution is -2.33. The number of carboxylic acid groups (broad SMARTS) is 1. The van der Waals surface area contributed by atoms with Crippen molar-refractivity contribution in [1.82, 2.24) is 5.32 Å². The molecule has 0 spiro atoms. The average Bonchev–Trinajstić information content (AvgIpc) is 2.78. The van der Waals surface area contributed by atoms with E-state index in [9.17, 15) is 9.59 Å². The van der Waals surface area contributed by atoms with Gasteiger partial charge in [-0.05, 0) is 43.5 Å². The van der Waals surface area contributed by atoms with Crippen LogP contribution in [-0.4, -0.2) is 23.0 Å². The van der Waals surface area contributed by atoms with Crippen molar-refractivity contribution in [3.8, 4) is 0 Å². The Labute approximate surface area is 105 Å². The Kier molecular flexibility index (Phi) is 3.50. The van der Waals surface area contributed by atoms with Crippen LogP contribution in [0.3, 0.4) is 0 Å². The Balaban J connectivity index is 1.92. The summed E-state index contributed by atoms with van der Waals surface area (Å²) in [6.07, 6.45) is 1.86. The smallest absolute Gasteiger partial charge is 0.306 e. The van der Waals surface area contributed by atoms with Crippen LogP contribution >= 0.6 is 0 Å². The number of benzene rings is 1. The van der Waals surface area contributed by atoms with Gasteiger partial charge in [0.2, 0.25) is 0 Å². The van der Waals surface area contributed by atoms with Gasteiger partial charge in [-0.2, -0.15) is 0 Å². The molecule has 2 rings (SSSR count). The van der Waals surface area contributed by atoms with E-state index in [1.807, 2.05) is 0 Å². The number of rotatable bonds is 3. The van der Waals surface area contributed by atoms with Crippen LogP contribution in [0.15, 0.2) is 24.3 Å². The van der Waals surface area contributed by atoms with Gasteiger partial charge in [-0.1, -0.05) is 0 Å². The lowest BCUT2D eigenvalue weighted by Gasteiger charge is -2.12. The zero-order chi connectivity index (χ0) is 13.1. The Morgan fingerprint density at radius 3 is 2.44 bits per heavy atom. The summed E-state index contributed by atoms with van der Waals surface area (Å²) >= 11 is 0. The summed E-state index contributed by atoms with van der Waals surface area (Å²) in [7, 11) is 0. The van der Waals surface area contributed by atoms with Gasteiger partial charge in [-0.15, -0.1) is 0 Å². The summed E-state index contributed by atoms with van der Waals surface area (Å²) in [6.45, 7) is 0. The number of nitrogens with two attached hydrogens (primary N) is 1. The van der Waals surface area contributed by atoms with Gasteiger partial charge in [0.05, 0.1) is 5.92 Å². The molecule has 0 aliphatic heterocycles. The number of carboxylic acids is 1. The number of amides is 1. The van der Waals surface area contributed by atoms with Gasteiger partial charge in [-0.25, -0.2) is 0 Å². The van der Waals surface area contributed by atoms with E-state index in [-0.39, 0.29) is 17.9 Å². The van der Waals surface area contributed by atoms with Crippen molar-refractivity contribution < 1.29 is 14.7 Å². The summed E-state index contributed by atoms with van der Waals surface area (Å²) in [6, 6.07) is 6.62. The van der Waals surface area contributed by atoms with Crippen LogP contribution < -0.4 is 11.1 Å². The first kappa shape index (κ1) is 12.4. The monoisotopic (exact) mass is 248 g/mol. The third-order valence-corrected chi connectivity index (χ3v) is 3.29. The van der Waals surface area contributed by atoms with E-state index in [4.69, 9.17) is 10.8 Å². The van der Waals surface area contributed by atoms with Gasteiger partial charge in [0.15, 0.2) is 0 Å². The van der Waals surface area contributed by atoms with Gasteiger partial charge < -0.3 is 16.2 Å². The van der Waals surface area contributed by atoms with Crippen LogP contribution in [0.25, 0.3) is 0 Å². The highest BCUT2D eigenvalue weighted by Gasteiger charge is 2.30. The van der Waals surface area contributed by atoms with Crippen LogP contribution in [0.2, 0.25) is 0 Å². The largest absolute Gasteiger partial charge is 0.481 e. The highest BCUT2D eigenvalue weighted by molar-refractivity contribution is 5.94. The zero-order valence-corrected chi connectivity index (χ0v) is 9.93. The second kappa shape index (κ2) is 5.08. The standard InChI is InChI=1S/C13H16N2O3/c14-10-4-1-8(2-5-10)12(16)15-11-6-3-9(7-11)13(17)18/h1-2,4-5,9,11H,3,6-7,14H2,(H,15,16)(H,17,18). The first-order valence-corrected chi connectivity index (χ1v) is 5.95. The third-order valence-electron chi connectivity index (χ3n) is 3.29. The molecule has 5 heteroatoms. The third kappa shape index (κ3) is 2.80. The van der Waals surface area contributed by atoms with E-state index in [1.54, 1.807) is 24.3 Å². The van der Waals surface area contributed by atoms with E-state index < -0.39 is 5.97 Å². The lowest BCUT2D eigenvalue weighted by molar-refractivity contribution is -0.141. The first-order valence-electron chi connectivity index (χ1n) is 5.95. The van der Waals surface area contributed by atoms with Gasteiger partial charge in [0.25, 0.3) is 5.91 Å². The minimum atomic E-state index is -0.778. The van der Waals surface area contributed by atoms with Crippen LogP contribution in [0.1, 0.15) is 29.6 Å². The number of hydrogen-bond donors (Lipinski definition) is 3. The van der Waals surface area contributed by atoms with E-state index in [2.05, 4.69) is 5.32 Å². The van der Waals surface area contributed by atoms with Gasteiger partial charge in [0.1, 0.15) is 0 Å². The summed E-state index contributed by atoms with van der Waals surface area (Å²) < 4.78 is 0. The molecule has 2 atom stereocenters. The van der Waals surface area contributed by atoms with Gasteiger partial charge >= 0.3 is 5.97 Å². The normalized spacial score (nSPS) is 22.7. The van der Waals surface area contributed by atoms with Crippen molar-refractivity contribution in [2.45, 2.75) is 25.3 Å². The summed E-state index contributed by atoms with van der Waals surface area (Å²) in [5, 5.41) is 11.7.